The number of nitrogens with zero attached hydrogens (tertiary/aromatic N) is 4. The maximum Gasteiger partial charge on any atom is 0.213 e. The van der Waals surface area contributed by atoms with Crippen LogP contribution in [0.15, 0.2) is 67.3 Å². The van der Waals surface area contributed by atoms with E-state index in [1.54, 1.807) is 12.3 Å². The van der Waals surface area contributed by atoms with E-state index in [4.69, 9.17) is 0 Å². The van der Waals surface area contributed by atoms with Crippen molar-refractivity contribution in [2.24, 2.45) is 0 Å². The third kappa shape index (κ3) is 14.3. The Kier molecular flexibility index (Phi) is 17.2. The van der Waals surface area contributed by atoms with Gasteiger partial charge in [-0.05, 0) is 109 Å². The van der Waals surface area contributed by atoms with E-state index in [1.807, 2.05) is 59.0 Å². The molecule has 4 rings (SSSR count). The van der Waals surface area contributed by atoms with Gasteiger partial charge in [-0.3, -0.25) is 15.0 Å². The molecule has 0 saturated heterocycles. The summed E-state index contributed by atoms with van der Waals surface area (Å²) in [5, 5.41) is 0. The first kappa shape index (κ1) is 39.3. The van der Waals surface area contributed by atoms with Crippen LogP contribution >= 0.6 is 0 Å². The van der Waals surface area contributed by atoms with Crippen molar-refractivity contribution >= 4 is 0 Å². The maximum atomic E-state index is 13.5. The molecule has 0 aromatic carbocycles. The molecule has 0 N–H and O–H groups in total. The Bertz CT molecular complexity index is 1320. The maximum absolute atomic E-state index is 13.5. The molecule has 0 aliphatic rings. The highest BCUT2D eigenvalue weighted by Gasteiger charge is 2.16. The summed E-state index contributed by atoms with van der Waals surface area (Å²) in [7, 11) is 0. The van der Waals surface area contributed by atoms with Gasteiger partial charge in [0.2, 0.25) is 5.95 Å². The average Bonchev–Trinajstić information content (AvgIpc) is 2.98. The fourth-order valence-electron chi connectivity index (χ4n) is 3.94. The molecule has 8 heteroatoms. The quantitative estimate of drug-likeness (QED) is 0.158. The molecule has 0 aliphatic heterocycles. The largest absolute Gasteiger partial charge is 0.262 e. The Morgan fingerprint density at radius 1 is 0.511 bits per heavy atom. The topological polar surface area (TPSA) is 51.6 Å². The molecule has 0 saturated carbocycles. The molecule has 0 fully saturated rings. The van der Waals surface area contributed by atoms with Gasteiger partial charge in [-0.15, -0.1) is 0 Å². The molecule has 0 radical (unpaired) electrons. The van der Waals surface area contributed by atoms with Crippen LogP contribution in [0.3, 0.4) is 0 Å². The SMILES string of the molecule is CC(C)c1ccnc(C(C)F)c1.CC(C)c1ccnc(C(C)F)c1F.CC(C)c1ccnc(F)c1.Cc1cc(C(C)C)ccn1. The molecule has 4 aromatic heterocycles. The molecular formula is C37H50F4N4. The van der Waals surface area contributed by atoms with Gasteiger partial charge in [-0.2, -0.15) is 4.39 Å². The number of hydrogen-bond acceptors (Lipinski definition) is 4. The highest BCUT2D eigenvalue weighted by atomic mass is 19.1. The number of rotatable bonds is 6. The van der Waals surface area contributed by atoms with E-state index < -0.39 is 24.1 Å². The average molecular weight is 627 g/mol. The van der Waals surface area contributed by atoms with Gasteiger partial charge in [0.25, 0.3) is 0 Å². The predicted molar refractivity (Wildman–Crippen MR) is 177 cm³/mol. The van der Waals surface area contributed by atoms with Crippen molar-refractivity contribution in [1.29, 1.82) is 0 Å². The van der Waals surface area contributed by atoms with Crippen LogP contribution < -0.4 is 0 Å². The lowest BCUT2D eigenvalue weighted by Crippen LogP contribution is -2.02. The fourth-order valence-corrected chi connectivity index (χ4v) is 3.94. The second-order valence-electron chi connectivity index (χ2n) is 12.1. The Balaban J connectivity index is 0.000000302. The van der Waals surface area contributed by atoms with Crippen molar-refractivity contribution in [2.75, 3.05) is 0 Å². The zero-order valence-corrected chi connectivity index (χ0v) is 28.6. The molecule has 0 spiro atoms. The summed E-state index contributed by atoms with van der Waals surface area (Å²) < 4.78 is 51.5. The van der Waals surface area contributed by atoms with Crippen LogP contribution in [0.25, 0.3) is 0 Å². The van der Waals surface area contributed by atoms with Crippen LogP contribution in [-0.4, -0.2) is 19.9 Å². The van der Waals surface area contributed by atoms with Crippen molar-refractivity contribution in [2.45, 2.75) is 112 Å². The number of halogens is 4. The van der Waals surface area contributed by atoms with Gasteiger partial charge in [-0.25, -0.2) is 18.2 Å². The van der Waals surface area contributed by atoms with E-state index in [9.17, 15) is 17.6 Å². The summed E-state index contributed by atoms with van der Waals surface area (Å²) >= 11 is 0. The summed E-state index contributed by atoms with van der Waals surface area (Å²) in [4.78, 5) is 15.2. The van der Waals surface area contributed by atoms with Gasteiger partial charge < -0.3 is 0 Å². The van der Waals surface area contributed by atoms with E-state index >= 15 is 0 Å². The van der Waals surface area contributed by atoms with Gasteiger partial charge >= 0.3 is 0 Å². The minimum atomic E-state index is -1.35. The first-order valence-electron chi connectivity index (χ1n) is 15.5. The number of pyridine rings is 4. The van der Waals surface area contributed by atoms with Crippen molar-refractivity contribution in [1.82, 2.24) is 19.9 Å². The molecule has 4 heterocycles. The second kappa shape index (κ2) is 19.7. The van der Waals surface area contributed by atoms with E-state index in [-0.39, 0.29) is 11.6 Å². The highest BCUT2D eigenvalue weighted by molar-refractivity contribution is 5.23. The number of aryl methyl sites for hydroxylation is 1. The van der Waals surface area contributed by atoms with Crippen molar-refractivity contribution in [3.63, 3.8) is 0 Å². The Labute approximate surface area is 267 Å². The third-order valence-electron chi connectivity index (χ3n) is 6.83. The predicted octanol–water partition coefficient (Wildman–Crippen LogP) is 11.5. The minimum absolute atomic E-state index is 0.0560. The molecule has 4 nitrogen and oxygen atoms in total. The van der Waals surface area contributed by atoms with Crippen molar-refractivity contribution in [3.05, 3.63) is 118 Å². The molecule has 0 bridgehead atoms. The normalized spacial score (nSPS) is 12.1. The Morgan fingerprint density at radius 2 is 0.978 bits per heavy atom. The lowest BCUT2D eigenvalue weighted by atomic mass is 10.0. The van der Waals surface area contributed by atoms with E-state index in [2.05, 4.69) is 59.8 Å². The molecule has 246 valence electrons. The Hall–Kier alpha value is -3.68. The van der Waals surface area contributed by atoms with Crippen LogP contribution in [0, 0.1) is 18.7 Å². The molecule has 45 heavy (non-hydrogen) atoms. The van der Waals surface area contributed by atoms with Gasteiger partial charge in [0, 0.05) is 30.5 Å². The van der Waals surface area contributed by atoms with Crippen molar-refractivity contribution in [3.8, 4) is 0 Å². The Morgan fingerprint density at radius 3 is 1.38 bits per heavy atom. The lowest BCUT2D eigenvalue weighted by Gasteiger charge is -2.10. The minimum Gasteiger partial charge on any atom is -0.262 e. The highest BCUT2D eigenvalue weighted by Crippen LogP contribution is 2.24. The van der Waals surface area contributed by atoms with Crippen LogP contribution in [0.2, 0.25) is 0 Å². The van der Waals surface area contributed by atoms with Crippen LogP contribution in [0.1, 0.15) is 145 Å². The molecule has 0 aliphatic carbocycles. The monoisotopic (exact) mass is 626 g/mol. The zero-order chi connectivity index (χ0) is 34.3. The number of alkyl halides is 2. The standard InChI is InChI=1S/C10H13F2N.C10H14FN.C9H13N.C8H10FN/c1-6(2)8-4-5-13-10(7(3)11)9(8)12;1-7(2)9-4-5-12-10(6-9)8(3)11;1-7(2)9-4-5-10-8(3)6-9;1-6(2)7-3-4-10-8(9)5-7/h4-7H,1-3H3;4-8H,1-3H3;4-7H,1-3H3;3-6H,1-2H3. The van der Waals surface area contributed by atoms with Gasteiger partial charge in [0.1, 0.15) is 18.0 Å². The first-order valence-corrected chi connectivity index (χ1v) is 15.5. The summed E-state index contributed by atoms with van der Waals surface area (Å²) in [6.45, 7) is 21.1. The molecule has 4 aromatic rings. The number of hydrogen-bond donors (Lipinski definition) is 0. The molecule has 2 unspecified atom stereocenters. The van der Waals surface area contributed by atoms with Gasteiger partial charge in [-0.1, -0.05) is 55.4 Å². The molecule has 2 atom stereocenters. The third-order valence-corrected chi connectivity index (χ3v) is 6.83. The fraction of sp³-hybridized carbons (Fsp3) is 0.459. The van der Waals surface area contributed by atoms with Crippen LogP contribution in [0.5, 0.6) is 0 Å². The van der Waals surface area contributed by atoms with E-state index in [1.165, 1.54) is 37.9 Å². The van der Waals surface area contributed by atoms with E-state index in [0.29, 0.717) is 29.0 Å². The van der Waals surface area contributed by atoms with Gasteiger partial charge in [0.05, 0.1) is 5.69 Å². The van der Waals surface area contributed by atoms with Crippen LogP contribution in [0.4, 0.5) is 17.6 Å². The lowest BCUT2D eigenvalue weighted by molar-refractivity contribution is 0.350. The van der Waals surface area contributed by atoms with E-state index in [0.717, 1.165) is 16.8 Å². The summed E-state index contributed by atoms with van der Waals surface area (Å²) in [6.07, 6.45) is 4.15. The summed E-state index contributed by atoms with van der Waals surface area (Å²) in [5.41, 5.74) is 5.57. The van der Waals surface area contributed by atoms with Crippen molar-refractivity contribution < 1.29 is 17.6 Å². The van der Waals surface area contributed by atoms with Gasteiger partial charge in [0.15, 0.2) is 5.82 Å². The summed E-state index contributed by atoms with van der Waals surface area (Å²) in [6, 6.07) is 12.8. The smallest absolute Gasteiger partial charge is 0.213 e. The van der Waals surface area contributed by atoms with Crippen LogP contribution in [-0.2, 0) is 0 Å². The number of aromatic nitrogens is 4. The zero-order valence-electron chi connectivity index (χ0n) is 28.6. The second-order valence-corrected chi connectivity index (χ2v) is 12.1. The molecular weight excluding hydrogens is 576 g/mol. The molecule has 0 amide bonds. The summed E-state index contributed by atoms with van der Waals surface area (Å²) in [5.74, 6) is 0.573. The first-order chi connectivity index (χ1) is 21.0.